The van der Waals surface area contributed by atoms with Crippen molar-refractivity contribution in [1.29, 1.82) is 0 Å². The zero-order chi connectivity index (χ0) is 13.4. The quantitative estimate of drug-likeness (QED) is 0.698. The fraction of sp³-hybridized carbons (Fsp3) is 0.154. The zero-order valence-corrected chi connectivity index (χ0v) is 13.2. The molecule has 0 amide bonds. The summed E-state index contributed by atoms with van der Waals surface area (Å²) in [5, 5.41) is 3.35. The monoisotopic (exact) mass is 356 g/mol. The summed E-state index contributed by atoms with van der Waals surface area (Å²) in [6, 6.07) is 7.92. The molecule has 0 spiro atoms. The van der Waals surface area contributed by atoms with Gasteiger partial charge in [-0.15, -0.1) is 11.3 Å². The Morgan fingerprint density at radius 3 is 3.00 bits per heavy atom. The second-order valence-corrected chi connectivity index (χ2v) is 6.70. The van der Waals surface area contributed by atoms with Crippen LogP contribution in [0.25, 0.3) is 11.1 Å². The third-order valence-corrected chi connectivity index (χ3v) is 5.13. The van der Waals surface area contributed by atoms with Crippen molar-refractivity contribution < 1.29 is 4.42 Å². The van der Waals surface area contributed by atoms with E-state index in [9.17, 15) is 0 Å². The van der Waals surface area contributed by atoms with Crippen molar-refractivity contribution in [1.82, 2.24) is 4.98 Å². The van der Waals surface area contributed by atoms with Crippen LogP contribution < -0.4 is 5.32 Å². The van der Waals surface area contributed by atoms with Crippen LogP contribution in [-0.2, 0) is 6.54 Å². The number of thiophene rings is 1. The molecule has 0 atom stereocenters. The molecule has 0 fully saturated rings. The molecular weight excluding hydrogens is 348 g/mol. The number of benzene rings is 1. The lowest BCUT2D eigenvalue weighted by Gasteiger charge is -2.03. The third kappa shape index (κ3) is 2.78. The largest absolute Gasteiger partial charge is 0.441 e. The van der Waals surface area contributed by atoms with Gasteiger partial charge in [-0.05, 0) is 40.2 Å². The summed E-state index contributed by atoms with van der Waals surface area (Å²) in [5.74, 6) is 0.682. The predicted octanol–water partition coefficient (Wildman–Crippen LogP) is 5.23. The average molecular weight is 358 g/mol. The molecule has 19 heavy (non-hydrogen) atoms. The summed E-state index contributed by atoms with van der Waals surface area (Å²) in [5.41, 5.74) is 2.69. The maximum Gasteiger partial charge on any atom is 0.192 e. The number of oxazole rings is 1. The number of halogens is 2. The van der Waals surface area contributed by atoms with Crippen molar-refractivity contribution in [2.45, 2.75) is 13.5 Å². The first-order valence-electron chi connectivity index (χ1n) is 5.66. The Hall–Kier alpha value is -1.04. The lowest BCUT2D eigenvalue weighted by molar-refractivity contribution is 0.561. The molecule has 0 aliphatic heterocycles. The Morgan fingerprint density at radius 1 is 1.42 bits per heavy atom. The molecule has 0 aliphatic carbocycles. The van der Waals surface area contributed by atoms with E-state index in [0.717, 1.165) is 32.1 Å². The molecule has 0 unspecified atom stereocenters. The first-order chi connectivity index (χ1) is 9.11. The number of nitrogens with zero attached hydrogens (tertiary/aromatic N) is 1. The molecule has 1 N–H and O–H groups in total. The molecule has 98 valence electrons. The van der Waals surface area contributed by atoms with Gasteiger partial charge in [-0.2, -0.15) is 0 Å². The van der Waals surface area contributed by atoms with E-state index in [4.69, 9.17) is 16.0 Å². The summed E-state index contributed by atoms with van der Waals surface area (Å²) in [6.07, 6.45) is 0. The Balaban J connectivity index is 1.77. The Kier molecular flexibility index (Phi) is 3.52. The van der Waals surface area contributed by atoms with Crippen LogP contribution in [0.1, 0.15) is 10.8 Å². The van der Waals surface area contributed by atoms with Gasteiger partial charge < -0.3 is 9.73 Å². The molecule has 3 rings (SSSR count). The second kappa shape index (κ2) is 5.15. The van der Waals surface area contributed by atoms with Crippen LogP contribution in [0.3, 0.4) is 0 Å². The highest BCUT2D eigenvalue weighted by atomic mass is 79.9. The number of fused-ring (bicyclic) bond motifs is 1. The second-order valence-electron chi connectivity index (χ2n) is 4.10. The van der Waals surface area contributed by atoms with Crippen molar-refractivity contribution >= 4 is 55.7 Å². The van der Waals surface area contributed by atoms with Crippen molar-refractivity contribution in [2.24, 2.45) is 0 Å². The van der Waals surface area contributed by atoms with Crippen LogP contribution in [0.15, 0.2) is 33.2 Å². The summed E-state index contributed by atoms with van der Waals surface area (Å²) >= 11 is 11.0. The van der Waals surface area contributed by atoms with Gasteiger partial charge in [0.15, 0.2) is 11.5 Å². The first-order valence-corrected chi connectivity index (χ1v) is 7.65. The molecule has 6 heteroatoms. The number of anilines is 1. The highest BCUT2D eigenvalue weighted by Gasteiger charge is 2.06. The smallest absolute Gasteiger partial charge is 0.192 e. The van der Waals surface area contributed by atoms with Gasteiger partial charge >= 0.3 is 0 Å². The van der Waals surface area contributed by atoms with Crippen LogP contribution >= 0.6 is 38.9 Å². The number of hydrogen-bond donors (Lipinski definition) is 1. The average Bonchev–Trinajstić information content (AvgIpc) is 2.88. The molecule has 2 aromatic heterocycles. The lowest BCUT2D eigenvalue weighted by Crippen LogP contribution is -1.96. The maximum atomic E-state index is 6.01. The van der Waals surface area contributed by atoms with Crippen molar-refractivity contribution in [3.63, 3.8) is 0 Å². The zero-order valence-electron chi connectivity index (χ0n) is 10.0. The standard InChI is InChI=1S/C13H10BrClN2OS/c1-7-17-11-4-8(2-3-12(11)18-7)16-6-9-5-10(14)13(15)19-9/h2-5,16H,6H2,1H3. The van der Waals surface area contributed by atoms with Gasteiger partial charge in [-0.3, -0.25) is 0 Å². The highest BCUT2D eigenvalue weighted by molar-refractivity contribution is 9.10. The molecule has 3 nitrogen and oxygen atoms in total. The fourth-order valence-electron chi connectivity index (χ4n) is 1.82. The molecule has 0 radical (unpaired) electrons. The minimum atomic E-state index is 0.682. The van der Waals surface area contributed by atoms with Gasteiger partial charge in [-0.1, -0.05) is 11.6 Å². The lowest BCUT2D eigenvalue weighted by atomic mass is 10.3. The van der Waals surface area contributed by atoms with Crippen LogP contribution in [-0.4, -0.2) is 4.98 Å². The molecule has 0 aliphatic rings. The number of rotatable bonds is 3. The van der Waals surface area contributed by atoms with E-state index in [2.05, 4.69) is 26.2 Å². The normalized spacial score (nSPS) is 11.1. The number of nitrogens with one attached hydrogen (secondary N) is 1. The topological polar surface area (TPSA) is 38.1 Å². The summed E-state index contributed by atoms with van der Waals surface area (Å²) in [7, 11) is 0. The summed E-state index contributed by atoms with van der Waals surface area (Å²) in [4.78, 5) is 5.49. The number of aromatic nitrogens is 1. The minimum absolute atomic E-state index is 0.682. The fourth-order valence-corrected chi connectivity index (χ4v) is 3.55. The maximum absolute atomic E-state index is 6.01. The highest BCUT2D eigenvalue weighted by Crippen LogP contribution is 2.32. The van der Waals surface area contributed by atoms with Crippen molar-refractivity contribution in [2.75, 3.05) is 5.32 Å². The molecule has 0 saturated carbocycles. The van der Waals surface area contributed by atoms with E-state index < -0.39 is 0 Å². The van der Waals surface area contributed by atoms with E-state index in [0.29, 0.717) is 5.89 Å². The van der Waals surface area contributed by atoms with Crippen molar-refractivity contribution in [3.8, 4) is 0 Å². The van der Waals surface area contributed by atoms with Crippen molar-refractivity contribution in [3.05, 3.63) is 43.8 Å². The Labute approximate surface area is 127 Å². The Bertz CT molecular complexity index is 718. The molecule has 2 heterocycles. The molecule has 0 saturated heterocycles. The van der Waals surface area contributed by atoms with Crippen LogP contribution in [0.4, 0.5) is 5.69 Å². The molecule has 3 aromatic rings. The van der Waals surface area contributed by atoms with Gasteiger partial charge in [0.1, 0.15) is 9.85 Å². The third-order valence-electron chi connectivity index (χ3n) is 2.66. The van der Waals surface area contributed by atoms with Gasteiger partial charge in [0.05, 0.1) is 0 Å². The SMILES string of the molecule is Cc1nc2cc(NCc3cc(Br)c(Cl)s3)ccc2o1. The molecule has 0 bridgehead atoms. The van der Waals surface area contributed by atoms with Crippen LogP contribution in [0.5, 0.6) is 0 Å². The van der Waals surface area contributed by atoms with Crippen LogP contribution in [0, 0.1) is 6.92 Å². The van der Waals surface area contributed by atoms with Gasteiger partial charge in [0.25, 0.3) is 0 Å². The van der Waals surface area contributed by atoms with E-state index in [1.807, 2.05) is 31.2 Å². The molecular formula is C13H10BrClN2OS. The Morgan fingerprint density at radius 2 is 2.26 bits per heavy atom. The number of hydrogen-bond acceptors (Lipinski definition) is 4. The minimum Gasteiger partial charge on any atom is -0.441 e. The van der Waals surface area contributed by atoms with Gasteiger partial charge in [0.2, 0.25) is 0 Å². The van der Waals surface area contributed by atoms with Crippen LogP contribution in [0.2, 0.25) is 4.34 Å². The molecule has 1 aromatic carbocycles. The predicted molar refractivity (Wildman–Crippen MR) is 83.1 cm³/mol. The van der Waals surface area contributed by atoms with E-state index in [-0.39, 0.29) is 0 Å². The number of aryl methyl sites for hydroxylation is 1. The summed E-state index contributed by atoms with van der Waals surface area (Å²) < 4.78 is 7.16. The van der Waals surface area contributed by atoms with Gasteiger partial charge in [-0.25, -0.2) is 4.98 Å². The summed E-state index contributed by atoms with van der Waals surface area (Å²) in [6.45, 7) is 2.58. The van der Waals surface area contributed by atoms with E-state index in [1.54, 1.807) is 11.3 Å². The van der Waals surface area contributed by atoms with E-state index in [1.165, 1.54) is 4.88 Å². The first kappa shape index (κ1) is 13.0. The van der Waals surface area contributed by atoms with Gasteiger partial charge in [0, 0.05) is 28.5 Å². The van der Waals surface area contributed by atoms with E-state index >= 15 is 0 Å².